The summed E-state index contributed by atoms with van der Waals surface area (Å²) in [6, 6.07) is 8.20. The van der Waals surface area contributed by atoms with Gasteiger partial charge in [0.15, 0.2) is 0 Å². The number of halogens is 1. The zero-order valence-corrected chi connectivity index (χ0v) is 12.4. The highest BCUT2D eigenvalue weighted by molar-refractivity contribution is 5.94. The number of aryl methyl sites for hydroxylation is 1. The number of pyridine rings is 1. The van der Waals surface area contributed by atoms with Crippen molar-refractivity contribution in [1.29, 1.82) is 0 Å². The van der Waals surface area contributed by atoms with Crippen molar-refractivity contribution in [1.82, 2.24) is 10.3 Å². The lowest BCUT2D eigenvalue weighted by Gasteiger charge is -2.12. The molecule has 0 unspecified atom stereocenters. The number of carbonyl (C=O) groups excluding carboxylic acids is 1. The molecule has 0 radical (unpaired) electrons. The van der Waals surface area contributed by atoms with Crippen LogP contribution < -0.4 is 10.2 Å². The number of aromatic nitrogens is 1. The number of amides is 1. The molecule has 2 aromatic rings. The zero-order chi connectivity index (χ0) is 15.4. The Kier molecular flexibility index (Phi) is 4.52. The third-order valence-electron chi connectivity index (χ3n) is 3.16. The number of nitrogens with zero attached hydrogens (tertiary/aromatic N) is 2. The number of anilines is 1. The molecule has 110 valence electrons. The van der Waals surface area contributed by atoms with Gasteiger partial charge in [0.25, 0.3) is 5.91 Å². The van der Waals surface area contributed by atoms with Gasteiger partial charge in [0.2, 0.25) is 0 Å². The summed E-state index contributed by atoms with van der Waals surface area (Å²) in [6.07, 6.45) is 1.70. The molecule has 1 amide bonds. The summed E-state index contributed by atoms with van der Waals surface area (Å²) in [7, 11) is 3.81. The van der Waals surface area contributed by atoms with Gasteiger partial charge in [-0.1, -0.05) is 6.07 Å². The van der Waals surface area contributed by atoms with Crippen LogP contribution in [0.4, 0.5) is 10.2 Å². The van der Waals surface area contributed by atoms with Gasteiger partial charge in [0, 0.05) is 32.4 Å². The highest BCUT2D eigenvalue weighted by Crippen LogP contribution is 2.11. The second-order valence-corrected chi connectivity index (χ2v) is 5.06. The van der Waals surface area contributed by atoms with Crippen LogP contribution in [0.25, 0.3) is 0 Å². The lowest BCUT2D eigenvalue weighted by Crippen LogP contribution is -2.23. The van der Waals surface area contributed by atoms with Gasteiger partial charge in [-0.25, -0.2) is 9.37 Å². The third-order valence-corrected chi connectivity index (χ3v) is 3.16. The summed E-state index contributed by atoms with van der Waals surface area (Å²) in [4.78, 5) is 18.1. The minimum Gasteiger partial charge on any atom is -0.363 e. The molecule has 0 atom stereocenters. The first-order valence-electron chi connectivity index (χ1n) is 6.64. The molecule has 5 heteroatoms. The number of benzene rings is 1. The van der Waals surface area contributed by atoms with E-state index in [2.05, 4.69) is 10.3 Å². The van der Waals surface area contributed by atoms with Gasteiger partial charge < -0.3 is 10.2 Å². The highest BCUT2D eigenvalue weighted by Gasteiger charge is 2.08. The standard InChI is InChI=1S/C16H18FN3O/c1-11-4-5-13(9-14(11)17)16(21)19-10-12-6-7-18-15(8-12)20(2)3/h4-9H,10H2,1-3H3,(H,19,21). The van der Waals surface area contributed by atoms with Gasteiger partial charge >= 0.3 is 0 Å². The van der Waals surface area contributed by atoms with Crippen LogP contribution in [0.5, 0.6) is 0 Å². The van der Waals surface area contributed by atoms with Crippen LogP contribution in [0.15, 0.2) is 36.5 Å². The van der Waals surface area contributed by atoms with Crippen molar-refractivity contribution in [2.75, 3.05) is 19.0 Å². The SMILES string of the molecule is Cc1ccc(C(=O)NCc2ccnc(N(C)C)c2)cc1F. The van der Waals surface area contributed by atoms with Crippen LogP contribution in [0.1, 0.15) is 21.5 Å². The van der Waals surface area contributed by atoms with Crippen molar-refractivity contribution in [3.63, 3.8) is 0 Å². The first kappa shape index (κ1) is 15.0. The van der Waals surface area contributed by atoms with E-state index in [1.807, 2.05) is 31.1 Å². The minimum atomic E-state index is -0.374. The van der Waals surface area contributed by atoms with E-state index in [-0.39, 0.29) is 11.7 Å². The van der Waals surface area contributed by atoms with Crippen LogP contribution in [0.3, 0.4) is 0 Å². The fraction of sp³-hybridized carbons (Fsp3) is 0.250. The van der Waals surface area contributed by atoms with Crippen LogP contribution in [-0.4, -0.2) is 25.0 Å². The Bertz CT molecular complexity index is 656. The maximum Gasteiger partial charge on any atom is 0.251 e. The zero-order valence-electron chi connectivity index (χ0n) is 12.4. The molecule has 0 bridgehead atoms. The third kappa shape index (κ3) is 3.78. The quantitative estimate of drug-likeness (QED) is 0.940. The Morgan fingerprint density at radius 1 is 1.29 bits per heavy atom. The molecule has 1 N–H and O–H groups in total. The Morgan fingerprint density at radius 3 is 2.71 bits per heavy atom. The van der Waals surface area contributed by atoms with E-state index in [0.717, 1.165) is 11.4 Å². The van der Waals surface area contributed by atoms with Crippen LogP contribution in [0, 0.1) is 12.7 Å². The number of carbonyl (C=O) groups is 1. The van der Waals surface area contributed by atoms with Crippen molar-refractivity contribution >= 4 is 11.7 Å². The van der Waals surface area contributed by atoms with E-state index in [1.54, 1.807) is 25.3 Å². The molecule has 4 nitrogen and oxygen atoms in total. The molecule has 0 aliphatic heterocycles. The fourth-order valence-corrected chi connectivity index (χ4v) is 1.83. The van der Waals surface area contributed by atoms with Crippen LogP contribution >= 0.6 is 0 Å². The van der Waals surface area contributed by atoms with E-state index in [1.165, 1.54) is 6.07 Å². The molecule has 0 aliphatic rings. The molecule has 0 aliphatic carbocycles. The summed E-state index contributed by atoms with van der Waals surface area (Å²) in [5.41, 5.74) is 1.78. The Hall–Kier alpha value is -2.43. The molecule has 1 aromatic carbocycles. The van der Waals surface area contributed by atoms with Crippen molar-refractivity contribution in [2.24, 2.45) is 0 Å². The number of hydrogen-bond donors (Lipinski definition) is 1. The topological polar surface area (TPSA) is 45.2 Å². The van der Waals surface area contributed by atoms with E-state index in [9.17, 15) is 9.18 Å². The summed E-state index contributed by atoms with van der Waals surface area (Å²) in [5, 5.41) is 2.78. The molecule has 0 fully saturated rings. The van der Waals surface area contributed by atoms with Crippen molar-refractivity contribution in [3.05, 3.63) is 59.0 Å². The monoisotopic (exact) mass is 287 g/mol. The highest BCUT2D eigenvalue weighted by atomic mass is 19.1. The van der Waals surface area contributed by atoms with E-state index in [4.69, 9.17) is 0 Å². The van der Waals surface area contributed by atoms with Gasteiger partial charge in [0.05, 0.1) is 0 Å². The Morgan fingerprint density at radius 2 is 2.05 bits per heavy atom. The molecule has 0 saturated carbocycles. The van der Waals surface area contributed by atoms with Crippen molar-refractivity contribution < 1.29 is 9.18 Å². The average molecular weight is 287 g/mol. The molecule has 0 saturated heterocycles. The van der Waals surface area contributed by atoms with Crippen molar-refractivity contribution in [3.8, 4) is 0 Å². The van der Waals surface area contributed by atoms with Gasteiger partial charge in [-0.15, -0.1) is 0 Å². The summed E-state index contributed by atoms with van der Waals surface area (Å²) >= 11 is 0. The van der Waals surface area contributed by atoms with E-state index >= 15 is 0 Å². The first-order chi connectivity index (χ1) is 9.97. The molecule has 21 heavy (non-hydrogen) atoms. The number of rotatable bonds is 4. The summed E-state index contributed by atoms with van der Waals surface area (Å²) < 4.78 is 13.5. The Labute approximate surface area is 123 Å². The normalized spacial score (nSPS) is 10.3. The van der Waals surface area contributed by atoms with E-state index < -0.39 is 0 Å². The first-order valence-corrected chi connectivity index (χ1v) is 6.64. The number of nitrogens with one attached hydrogen (secondary N) is 1. The maximum atomic E-state index is 13.5. The van der Waals surface area contributed by atoms with Gasteiger partial charge in [-0.05, 0) is 42.3 Å². The van der Waals surface area contributed by atoms with Gasteiger partial charge in [0.1, 0.15) is 11.6 Å². The fourth-order valence-electron chi connectivity index (χ4n) is 1.83. The molecule has 1 aromatic heterocycles. The summed E-state index contributed by atoms with van der Waals surface area (Å²) in [5.74, 6) is 0.154. The maximum absolute atomic E-state index is 13.5. The molecule has 1 heterocycles. The largest absolute Gasteiger partial charge is 0.363 e. The summed E-state index contributed by atoms with van der Waals surface area (Å²) in [6.45, 7) is 2.04. The van der Waals surface area contributed by atoms with Gasteiger partial charge in [-0.2, -0.15) is 0 Å². The molecular weight excluding hydrogens is 269 g/mol. The van der Waals surface area contributed by atoms with Gasteiger partial charge in [-0.3, -0.25) is 4.79 Å². The minimum absolute atomic E-state index is 0.294. The predicted octanol–water partition coefficient (Wildman–Crippen LogP) is 2.53. The average Bonchev–Trinajstić information content (AvgIpc) is 2.48. The molecular formula is C16H18FN3O. The van der Waals surface area contributed by atoms with E-state index in [0.29, 0.717) is 17.7 Å². The molecule has 0 spiro atoms. The van der Waals surface area contributed by atoms with Crippen LogP contribution in [-0.2, 0) is 6.54 Å². The number of hydrogen-bond acceptors (Lipinski definition) is 3. The molecule has 2 rings (SSSR count). The second-order valence-electron chi connectivity index (χ2n) is 5.06. The Balaban J connectivity index is 2.03. The predicted molar refractivity (Wildman–Crippen MR) is 80.9 cm³/mol. The smallest absolute Gasteiger partial charge is 0.251 e. The second kappa shape index (κ2) is 6.35. The van der Waals surface area contributed by atoms with Crippen molar-refractivity contribution in [2.45, 2.75) is 13.5 Å². The lowest BCUT2D eigenvalue weighted by atomic mass is 10.1. The van der Waals surface area contributed by atoms with Crippen LogP contribution in [0.2, 0.25) is 0 Å². The lowest BCUT2D eigenvalue weighted by molar-refractivity contribution is 0.0950.